The van der Waals surface area contributed by atoms with Gasteiger partial charge in [-0.15, -0.1) is 0 Å². The molecule has 0 aliphatic heterocycles. The van der Waals surface area contributed by atoms with E-state index in [0.29, 0.717) is 26.0 Å². The molecule has 6 heteroatoms. The van der Waals surface area contributed by atoms with Crippen LogP contribution in [0.4, 0.5) is 8.78 Å². The third-order valence-corrected chi connectivity index (χ3v) is 3.96. The molecule has 0 spiro atoms. The molecule has 2 aromatic carbocycles. The number of aryl methyl sites for hydroxylation is 1. The van der Waals surface area contributed by atoms with Gasteiger partial charge < -0.3 is 4.98 Å². The van der Waals surface area contributed by atoms with Gasteiger partial charge in [0.25, 0.3) is 0 Å². The highest BCUT2D eigenvalue weighted by Gasteiger charge is 2.13. The number of nitrogens with one attached hydrogen (secondary N) is 1. The van der Waals surface area contributed by atoms with Gasteiger partial charge in [-0.3, -0.25) is 4.57 Å². The summed E-state index contributed by atoms with van der Waals surface area (Å²) in [5.74, 6) is -0.829. The van der Waals surface area contributed by atoms with Crippen molar-refractivity contribution >= 4 is 39.2 Å². The van der Waals surface area contributed by atoms with Crippen LogP contribution in [0.5, 0.6) is 0 Å². The van der Waals surface area contributed by atoms with Crippen molar-refractivity contribution in [2.75, 3.05) is 0 Å². The van der Waals surface area contributed by atoms with Crippen LogP contribution in [0.2, 0.25) is 0 Å². The minimum atomic E-state index is -0.423. The van der Waals surface area contributed by atoms with E-state index in [4.69, 9.17) is 12.2 Å². The molecule has 3 aromatic rings. The van der Waals surface area contributed by atoms with E-state index in [-0.39, 0.29) is 0 Å². The molecule has 0 saturated heterocycles. The van der Waals surface area contributed by atoms with Gasteiger partial charge in [0, 0.05) is 6.07 Å². The number of aromatic nitrogens is 2. The maximum Gasteiger partial charge on any atom is 0.182 e. The van der Waals surface area contributed by atoms with Crippen LogP contribution in [-0.4, -0.2) is 9.55 Å². The van der Waals surface area contributed by atoms with Crippen LogP contribution in [0.3, 0.4) is 0 Å². The molecule has 0 aliphatic carbocycles. The van der Waals surface area contributed by atoms with Crippen molar-refractivity contribution in [3.8, 4) is 5.69 Å². The zero-order chi connectivity index (χ0) is 14.4. The third kappa shape index (κ3) is 2.09. The van der Waals surface area contributed by atoms with Gasteiger partial charge in [-0.1, -0.05) is 6.07 Å². The van der Waals surface area contributed by atoms with Crippen LogP contribution in [0.25, 0.3) is 16.7 Å². The van der Waals surface area contributed by atoms with E-state index in [9.17, 15) is 8.78 Å². The summed E-state index contributed by atoms with van der Waals surface area (Å²) >= 11 is 8.35. The van der Waals surface area contributed by atoms with Crippen molar-refractivity contribution in [3.05, 3.63) is 56.8 Å². The predicted octanol–water partition coefficient (Wildman–Crippen LogP) is 5.04. The SMILES string of the molecule is Cc1ccc(F)c(-n2c(=S)[nH]c3cc(Br)c(F)cc32)c1. The fourth-order valence-corrected chi connectivity index (χ4v) is 2.79. The normalized spacial score (nSPS) is 11.2. The maximum absolute atomic E-state index is 14.0. The zero-order valence-electron chi connectivity index (χ0n) is 10.4. The molecule has 0 radical (unpaired) electrons. The first-order valence-electron chi connectivity index (χ1n) is 5.83. The first kappa shape index (κ1) is 13.5. The molecular formula is C14H9BrF2N2S. The molecule has 1 N–H and O–H groups in total. The lowest BCUT2D eigenvalue weighted by molar-refractivity contribution is 0.616. The van der Waals surface area contributed by atoms with Crippen LogP contribution < -0.4 is 0 Å². The fraction of sp³-hybridized carbons (Fsp3) is 0.0714. The third-order valence-electron chi connectivity index (χ3n) is 3.07. The fourth-order valence-electron chi connectivity index (χ4n) is 2.14. The predicted molar refractivity (Wildman–Crippen MR) is 80.8 cm³/mol. The summed E-state index contributed by atoms with van der Waals surface area (Å²) in [6.45, 7) is 1.86. The Bertz CT molecular complexity index is 883. The number of hydrogen-bond donors (Lipinski definition) is 1. The smallest absolute Gasteiger partial charge is 0.182 e. The molecule has 0 aliphatic rings. The molecule has 0 atom stereocenters. The van der Waals surface area contributed by atoms with E-state index in [1.807, 2.05) is 6.92 Å². The van der Waals surface area contributed by atoms with E-state index >= 15 is 0 Å². The number of nitrogens with zero attached hydrogens (tertiary/aromatic N) is 1. The van der Waals surface area contributed by atoms with Crippen LogP contribution in [0.1, 0.15) is 5.56 Å². The molecule has 3 rings (SSSR count). The van der Waals surface area contributed by atoms with E-state index in [1.54, 1.807) is 18.2 Å². The minimum absolute atomic E-state index is 0.308. The van der Waals surface area contributed by atoms with Gasteiger partial charge in [0.2, 0.25) is 0 Å². The standard InChI is InChI=1S/C14H9BrF2N2S/c1-7-2-3-9(16)12(4-7)19-13-6-10(17)8(15)5-11(13)18-14(19)20/h2-6H,1H3,(H,18,20). The molecule has 0 bridgehead atoms. The Kier molecular flexibility index (Phi) is 3.22. The molecule has 1 heterocycles. The Morgan fingerprint density at radius 3 is 2.65 bits per heavy atom. The molecular weight excluding hydrogens is 346 g/mol. The van der Waals surface area contributed by atoms with E-state index < -0.39 is 11.6 Å². The number of halogens is 3. The van der Waals surface area contributed by atoms with Crippen LogP contribution in [0.15, 0.2) is 34.8 Å². The van der Waals surface area contributed by atoms with Crippen LogP contribution >= 0.6 is 28.1 Å². The van der Waals surface area contributed by atoms with Gasteiger partial charge in [0.05, 0.1) is 21.2 Å². The van der Waals surface area contributed by atoms with E-state index in [1.165, 1.54) is 16.7 Å². The molecule has 0 unspecified atom stereocenters. The molecule has 0 amide bonds. The Balaban J connectivity index is 2.42. The van der Waals surface area contributed by atoms with Crippen molar-refractivity contribution in [2.24, 2.45) is 0 Å². The minimum Gasteiger partial charge on any atom is -0.330 e. The van der Waals surface area contributed by atoms with E-state index in [0.717, 1.165) is 5.56 Å². The Morgan fingerprint density at radius 1 is 1.15 bits per heavy atom. The second-order valence-electron chi connectivity index (χ2n) is 4.50. The van der Waals surface area contributed by atoms with Crippen molar-refractivity contribution in [1.29, 1.82) is 0 Å². The summed E-state index contributed by atoms with van der Waals surface area (Å²) in [5, 5.41) is 0. The zero-order valence-corrected chi connectivity index (χ0v) is 12.8. The lowest BCUT2D eigenvalue weighted by Crippen LogP contribution is -1.98. The number of hydrogen-bond acceptors (Lipinski definition) is 1. The van der Waals surface area contributed by atoms with Gasteiger partial charge in [-0.25, -0.2) is 8.78 Å². The number of fused-ring (bicyclic) bond motifs is 1. The quantitative estimate of drug-likeness (QED) is 0.607. The molecule has 0 fully saturated rings. The highest BCUT2D eigenvalue weighted by Crippen LogP contribution is 2.27. The molecule has 20 heavy (non-hydrogen) atoms. The topological polar surface area (TPSA) is 20.7 Å². The first-order valence-corrected chi connectivity index (χ1v) is 7.04. The second-order valence-corrected chi connectivity index (χ2v) is 5.74. The highest BCUT2D eigenvalue weighted by atomic mass is 79.9. The molecule has 102 valence electrons. The van der Waals surface area contributed by atoms with Crippen molar-refractivity contribution < 1.29 is 8.78 Å². The monoisotopic (exact) mass is 354 g/mol. The lowest BCUT2D eigenvalue weighted by atomic mass is 10.2. The van der Waals surface area contributed by atoms with Crippen LogP contribution in [-0.2, 0) is 0 Å². The van der Waals surface area contributed by atoms with Gasteiger partial charge in [-0.2, -0.15) is 0 Å². The molecule has 2 nitrogen and oxygen atoms in total. The van der Waals surface area contributed by atoms with Crippen LogP contribution in [0, 0.1) is 23.3 Å². The van der Waals surface area contributed by atoms with Gasteiger partial charge in [-0.05, 0) is 58.8 Å². The highest BCUT2D eigenvalue weighted by molar-refractivity contribution is 9.10. The number of aromatic amines is 1. The van der Waals surface area contributed by atoms with Crippen molar-refractivity contribution in [2.45, 2.75) is 6.92 Å². The summed E-state index contributed by atoms with van der Waals surface area (Å²) in [6, 6.07) is 7.64. The average Bonchev–Trinajstić information content (AvgIpc) is 2.69. The Hall–Kier alpha value is -1.53. The first-order chi connectivity index (χ1) is 9.47. The lowest BCUT2D eigenvalue weighted by Gasteiger charge is -2.07. The number of benzene rings is 2. The van der Waals surface area contributed by atoms with Gasteiger partial charge >= 0.3 is 0 Å². The Morgan fingerprint density at radius 2 is 1.90 bits per heavy atom. The summed E-state index contributed by atoms with van der Waals surface area (Å²) in [6.07, 6.45) is 0. The van der Waals surface area contributed by atoms with Crippen molar-refractivity contribution in [1.82, 2.24) is 9.55 Å². The van der Waals surface area contributed by atoms with E-state index in [2.05, 4.69) is 20.9 Å². The summed E-state index contributed by atoms with van der Waals surface area (Å²) in [7, 11) is 0. The number of H-pyrrole nitrogens is 1. The summed E-state index contributed by atoms with van der Waals surface area (Å²) in [4.78, 5) is 2.95. The van der Waals surface area contributed by atoms with Gasteiger partial charge in [0.1, 0.15) is 11.6 Å². The number of rotatable bonds is 1. The largest absolute Gasteiger partial charge is 0.330 e. The van der Waals surface area contributed by atoms with Gasteiger partial charge in [0.15, 0.2) is 4.77 Å². The second kappa shape index (κ2) is 4.79. The summed E-state index contributed by atoms with van der Waals surface area (Å²) in [5.41, 5.74) is 2.35. The Labute approximate surface area is 127 Å². The number of imidazole rings is 1. The van der Waals surface area contributed by atoms with Crippen molar-refractivity contribution in [3.63, 3.8) is 0 Å². The molecule has 1 aromatic heterocycles. The average molecular weight is 355 g/mol. The molecule has 0 saturated carbocycles. The summed E-state index contributed by atoms with van der Waals surface area (Å²) < 4.78 is 29.9. The maximum atomic E-state index is 14.0.